The molecular formula is C27H19N. The second-order valence-electron chi connectivity index (χ2n) is 6.92. The summed E-state index contributed by atoms with van der Waals surface area (Å²) in [7, 11) is 0. The van der Waals surface area contributed by atoms with Crippen molar-refractivity contribution in [3.8, 4) is 0 Å². The molecule has 1 aromatic heterocycles. The number of aromatic nitrogens is 1. The average molecular weight is 357 g/mol. The van der Waals surface area contributed by atoms with E-state index in [-0.39, 0.29) is 0 Å². The molecule has 1 heteroatoms. The molecule has 0 fully saturated rings. The van der Waals surface area contributed by atoms with Crippen molar-refractivity contribution >= 4 is 43.4 Å². The van der Waals surface area contributed by atoms with Gasteiger partial charge in [-0.15, -0.1) is 0 Å². The highest BCUT2D eigenvalue weighted by molar-refractivity contribution is 5.98. The number of hydrogen-bond donors (Lipinski definition) is 0. The van der Waals surface area contributed by atoms with Gasteiger partial charge in [0.15, 0.2) is 0 Å². The third-order valence-electron chi connectivity index (χ3n) is 5.04. The van der Waals surface area contributed by atoms with Gasteiger partial charge in [0.1, 0.15) is 0 Å². The molecule has 0 aliphatic carbocycles. The van der Waals surface area contributed by atoms with Gasteiger partial charge in [-0.3, -0.25) is 0 Å². The van der Waals surface area contributed by atoms with Crippen molar-refractivity contribution in [1.82, 2.24) is 4.98 Å². The van der Waals surface area contributed by atoms with Crippen LogP contribution in [0.2, 0.25) is 0 Å². The van der Waals surface area contributed by atoms with Crippen LogP contribution in [0.15, 0.2) is 115 Å². The first-order chi connectivity index (χ1) is 13.9. The molecule has 0 saturated carbocycles. The van der Waals surface area contributed by atoms with E-state index in [4.69, 9.17) is 0 Å². The Hall–Kier alpha value is -3.71. The Bertz CT molecular complexity index is 1090. The van der Waals surface area contributed by atoms with Crippen molar-refractivity contribution in [1.29, 1.82) is 0 Å². The summed E-state index contributed by atoms with van der Waals surface area (Å²) in [5.41, 5.74) is 2.12. The van der Waals surface area contributed by atoms with Crippen molar-refractivity contribution in [3.05, 3.63) is 115 Å². The number of nitrogens with zero attached hydrogens (tertiary/aromatic N) is 1. The minimum absolute atomic E-state index is 1.06. The van der Waals surface area contributed by atoms with Crippen molar-refractivity contribution in [3.63, 3.8) is 0 Å². The lowest BCUT2D eigenvalue weighted by Gasteiger charge is -2.00. The maximum absolute atomic E-state index is 4.58. The molecule has 1 heterocycles. The van der Waals surface area contributed by atoms with Crippen LogP contribution in [0, 0.1) is 0 Å². The summed E-state index contributed by atoms with van der Waals surface area (Å²) < 4.78 is 0. The van der Waals surface area contributed by atoms with Crippen LogP contribution in [0.1, 0.15) is 0 Å². The SMILES string of the molecule is c1ccc2cc3ccccc3cc2c1.c1ccc2nc3ccccc3cc2c1. The first kappa shape index (κ1) is 16.5. The monoisotopic (exact) mass is 357 g/mol. The van der Waals surface area contributed by atoms with Gasteiger partial charge in [0.2, 0.25) is 0 Å². The first-order valence-electron chi connectivity index (χ1n) is 9.49. The normalized spacial score (nSPS) is 10.9. The number of fused-ring (bicyclic) bond motifs is 4. The molecule has 5 aromatic carbocycles. The minimum atomic E-state index is 1.06. The third kappa shape index (κ3) is 3.19. The summed E-state index contributed by atoms with van der Waals surface area (Å²) in [6, 6.07) is 40.0. The highest BCUT2D eigenvalue weighted by atomic mass is 14.7. The Balaban J connectivity index is 0.000000122. The number of rotatable bonds is 0. The maximum Gasteiger partial charge on any atom is 0.0709 e. The van der Waals surface area contributed by atoms with E-state index in [1.54, 1.807) is 0 Å². The van der Waals surface area contributed by atoms with Crippen LogP contribution in [0.5, 0.6) is 0 Å². The van der Waals surface area contributed by atoms with E-state index in [9.17, 15) is 0 Å². The van der Waals surface area contributed by atoms with E-state index in [0.29, 0.717) is 0 Å². The van der Waals surface area contributed by atoms with Gasteiger partial charge in [-0.2, -0.15) is 0 Å². The van der Waals surface area contributed by atoms with Crippen molar-refractivity contribution in [2.75, 3.05) is 0 Å². The molecule has 6 rings (SSSR count). The smallest absolute Gasteiger partial charge is 0.0709 e. The average Bonchev–Trinajstić information content (AvgIpc) is 2.76. The summed E-state index contributed by atoms with van der Waals surface area (Å²) in [6.07, 6.45) is 0. The molecule has 28 heavy (non-hydrogen) atoms. The van der Waals surface area contributed by atoms with E-state index < -0.39 is 0 Å². The third-order valence-corrected chi connectivity index (χ3v) is 5.04. The van der Waals surface area contributed by atoms with Gasteiger partial charge in [0, 0.05) is 10.8 Å². The highest BCUT2D eigenvalue weighted by Crippen LogP contribution is 2.22. The van der Waals surface area contributed by atoms with Crippen molar-refractivity contribution in [2.45, 2.75) is 0 Å². The molecule has 0 radical (unpaired) electrons. The fourth-order valence-electron chi connectivity index (χ4n) is 3.60. The van der Waals surface area contributed by atoms with E-state index >= 15 is 0 Å². The molecule has 0 atom stereocenters. The molecule has 0 aliphatic rings. The predicted octanol–water partition coefficient (Wildman–Crippen LogP) is 7.38. The molecule has 0 spiro atoms. The topological polar surface area (TPSA) is 12.9 Å². The quantitative estimate of drug-likeness (QED) is 0.258. The second kappa shape index (κ2) is 7.13. The lowest BCUT2D eigenvalue weighted by atomic mass is 10.0. The molecule has 0 unspecified atom stereocenters. The molecule has 132 valence electrons. The Morgan fingerprint density at radius 1 is 0.321 bits per heavy atom. The fraction of sp³-hybridized carbons (Fsp3) is 0. The Morgan fingerprint density at radius 3 is 1.00 bits per heavy atom. The fourth-order valence-corrected chi connectivity index (χ4v) is 3.60. The largest absolute Gasteiger partial charge is 0.248 e. The zero-order chi connectivity index (χ0) is 18.8. The molecule has 0 N–H and O–H groups in total. The number of benzene rings is 5. The van der Waals surface area contributed by atoms with Crippen LogP contribution in [0.4, 0.5) is 0 Å². The molecule has 0 amide bonds. The van der Waals surface area contributed by atoms with E-state index in [1.807, 2.05) is 36.4 Å². The lowest BCUT2D eigenvalue weighted by molar-refractivity contribution is 1.50. The summed E-state index contributed by atoms with van der Waals surface area (Å²) in [5.74, 6) is 0. The van der Waals surface area contributed by atoms with Crippen LogP contribution < -0.4 is 0 Å². The zero-order valence-corrected chi connectivity index (χ0v) is 15.4. The van der Waals surface area contributed by atoms with Gasteiger partial charge < -0.3 is 0 Å². The van der Waals surface area contributed by atoms with Crippen LogP contribution in [-0.4, -0.2) is 4.98 Å². The second-order valence-corrected chi connectivity index (χ2v) is 6.92. The molecule has 0 aliphatic heterocycles. The number of hydrogen-bond acceptors (Lipinski definition) is 1. The van der Waals surface area contributed by atoms with Gasteiger partial charge in [-0.05, 0) is 51.9 Å². The summed E-state index contributed by atoms with van der Waals surface area (Å²) in [6.45, 7) is 0. The van der Waals surface area contributed by atoms with Gasteiger partial charge in [-0.1, -0.05) is 84.9 Å². The Morgan fingerprint density at radius 2 is 0.607 bits per heavy atom. The molecule has 0 bridgehead atoms. The van der Waals surface area contributed by atoms with Gasteiger partial charge >= 0.3 is 0 Å². The lowest BCUT2D eigenvalue weighted by Crippen LogP contribution is -1.80. The van der Waals surface area contributed by atoms with E-state index in [2.05, 4.69) is 83.8 Å². The van der Waals surface area contributed by atoms with Gasteiger partial charge in [0.25, 0.3) is 0 Å². The zero-order valence-electron chi connectivity index (χ0n) is 15.4. The van der Waals surface area contributed by atoms with Crippen LogP contribution >= 0.6 is 0 Å². The Kier molecular flexibility index (Phi) is 4.19. The van der Waals surface area contributed by atoms with Crippen LogP contribution in [0.25, 0.3) is 43.4 Å². The van der Waals surface area contributed by atoms with Gasteiger partial charge in [-0.25, -0.2) is 4.98 Å². The molecule has 1 nitrogen and oxygen atoms in total. The van der Waals surface area contributed by atoms with Crippen molar-refractivity contribution in [2.24, 2.45) is 0 Å². The standard InChI is InChI=1S/C14H10.C13H9N/c1-2-6-12-10-14-8-4-3-7-13(14)9-11(12)5-1;1-3-7-12-10(5-1)9-11-6-2-4-8-13(11)14-12/h1-10H;1-9H. The van der Waals surface area contributed by atoms with Crippen molar-refractivity contribution < 1.29 is 0 Å². The summed E-state index contributed by atoms with van der Waals surface area (Å²) >= 11 is 0. The number of pyridine rings is 1. The molecule has 0 saturated heterocycles. The Labute approximate surface area is 163 Å². The summed E-state index contributed by atoms with van der Waals surface area (Å²) in [5, 5.41) is 7.65. The predicted molar refractivity (Wildman–Crippen MR) is 121 cm³/mol. The van der Waals surface area contributed by atoms with Crippen LogP contribution in [0.3, 0.4) is 0 Å². The van der Waals surface area contributed by atoms with E-state index in [1.165, 1.54) is 32.3 Å². The molecule has 6 aromatic rings. The van der Waals surface area contributed by atoms with Gasteiger partial charge in [0.05, 0.1) is 11.0 Å². The maximum atomic E-state index is 4.58. The molecular weight excluding hydrogens is 338 g/mol. The van der Waals surface area contributed by atoms with Crippen LogP contribution in [-0.2, 0) is 0 Å². The number of para-hydroxylation sites is 2. The summed E-state index contributed by atoms with van der Waals surface area (Å²) in [4.78, 5) is 4.58. The van der Waals surface area contributed by atoms with E-state index in [0.717, 1.165) is 11.0 Å². The minimum Gasteiger partial charge on any atom is -0.248 e. The highest BCUT2D eigenvalue weighted by Gasteiger charge is 1.97. The first-order valence-corrected chi connectivity index (χ1v) is 9.49.